The molecule has 6 heteroatoms. The number of hydrogen-bond donors (Lipinski definition) is 2. The Morgan fingerprint density at radius 2 is 1.89 bits per heavy atom. The molecule has 6 nitrogen and oxygen atoms in total. The summed E-state index contributed by atoms with van der Waals surface area (Å²) in [6.45, 7) is 3.16. The molecule has 0 unspecified atom stereocenters. The highest BCUT2D eigenvalue weighted by Crippen LogP contribution is 2.21. The molecule has 28 heavy (non-hydrogen) atoms. The molecule has 3 heterocycles. The van der Waals surface area contributed by atoms with Gasteiger partial charge in [0, 0.05) is 49.3 Å². The van der Waals surface area contributed by atoms with Gasteiger partial charge in [0.05, 0.1) is 5.69 Å². The molecule has 1 saturated heterocycles. The normalized spacial score (nSPS) is 17.5. The third-order valence-electron chi connectivity index (χ3n) is 5.21. The SMILES string of the molecule is O=c1cc(-c2ccncc2)nc(-c2ccc(CN3CCC[C@@H](CO)C3)cc2)[nH]1. The summed E-state index contributed by atoms with van der Waals surface area (Å²) in [5.41, 5.74) is 3.42. The number of aromatic amines is 1. The van der Waals surface area contributed by atoms with E-state index in [2.05, 4.69) is 32.0 Å². The molecule has 1 aromatic carbocycles. The Bertz CT molecular complexity index is 970. The Balaban J connectivity index is 1.53. The summed E-state index contributed by atoms with van der Waals surface area (Å²) < 4.78 is 0. The maximum Gasteiger partial charge on any atom is 0.251 e. The molecule has 3 aromatic rings. The first-order valence-corrected chi connectivity index (χ1v) is 9.65. The molecular formula is C22H24N4O2. The number of likely N-dealkylation sites (tertiary alicyclic amines) is 1. The highest BCUT2D eigenvalue weighted by Gasteiger charge is 2.19. The quantitative estimate of drug-likeness (QED) is 0.715. The Morgan fingerprint density at radius 1 is 1.11 bits per heavy atom. The fourth-order valence-corrected chi connectivity index (χ4v) is 3.74. The average Bonchev–Trinajstić information content (AvgIpc) is 2.74. The monoisotopic (exact) mass is 376 g/mol. The lowest BCUT2D eigenvalue weighted by molar-refractivity contribution is 0.116. The van der Waals surface area contributed by atoms with E-state index in [9.17, 15) is 9.90 Å². The van der Waals surface area contributed by atoms with Crippen LogP contribution in [0.3, 0.4) is 0 Å². The lowest BCUT2D eigenvalue weighted by Crippen LogP contribution is -2.36. The van der Waals surface area contributed by atoms with Gasteiger partial charge in [-0.1, -0.05) is 24.3 Å². The third kappa shape index (κ3) is 4.35. The van der Waals surface area contributed by atoms with Crippen LogP contribution in [0.2, 0.25) is 0 Å². The summed E-state index contributed by atoms with van der Waals surface area (Å²) in [6.07, 6.45) is 5.62. The van der Waals surface area contributed by atoms with Gasteiger partial charge in [0.1, 0.15) is 5.82 Å². The molecule has 1 fully saturated rings. The lowest BCUT2D eigenvalue weighted by Gasteiger charge is -2.31. The van der Waals surface area contributed by atoms with Crippen LogP contribution in [0.4, 0.5) is 0 Å². The van der Waals surface area contributed by atoms with Gasteiger partial charge in [-0.2, -0.15) is 0 Å². The highest BCUT2D eigenvalue weighted by atomic mass is 16.3. The smallest absolute Gasteiger partial charge is 0.251 e. The second-order valence-electron chi connectivity index (χ2n) is 7.34. The Kier molecular flexibility index (Phi) is 5.60. The van der Waals surface area contributed by atoms with Crippen LogP contribution in [0.15, 0.2) is 59.7 Å². The van der Waals surface area contributed by atoms with Crippen molar-refractivity contribution in [1.82, 2.24) is 19.9 Å². The maximum absolute atomic E-state index is 12.1. The molecule has 0 spiro atoms. The van der Waals surface area contributed by atoms with Crippen molar-refractivity contribution < 1.29 is 5.11 Å². The van der Waals surface area contributed by atoms with E-state index in [1.807, 2.05) is 24.3 Å². The van der Waals surface area contributed by atoms with Crippen molar-refractivity contribution >= 4 is 0 Å². The Morgan fingerprint density at radius 3 is 2.64 bits per heavy atom. The first kappa shape index (κ1) is 18.5. The molecule has 0 amide bonds. The number of benzene rings is 1. The molecule has 0 saturated carbocycles. The molecule has 2 N–H and O–H groups in total. The number of pyridine rings is 1. The van der Waals surface area contributed by atoms with Crippen molar-refractivity contribution in [3.63, 3.8) is 0 Å². The van der Waals surface area contributed by atoms with E-state index in [1.165, 1.54) is 11.6 Å². The zero-order valence-corrected chi connectivity index (χ0v) is 15.7. The van der Waals surface area contributed by atoms with Crippen LogP contribution in [0, 0.1) is 5.92 Å². The fourth-order valence-electron chi connectivity index (χ4n) is 3.74. The van der Waals surface area contributed by atoms with E-state index in [1.54, 1.807) is 12.4 Å². The number of nitrogens with one attached hydrogen (secondary N) is 1. The van der Waals surface area contributed by atoms with E-state index in [4.69, 9.17) is 0 Å². The number of piperidine rings is 1. The first-order chi connectivity index (χ1) is 13.7. The molecule has 1 aliphatic heterocycles. The molecule has 0 aliphatic carbocycles. The van der Waals surface area contributed by atoms with Crippen LogP contribution in [0.5, 0.6) is 0 Å². The van der Waals surface area contributed by atoms with Gasteiger partial charge in [-0.25, -0.2) is 4.98 Å². The summed E-state index contributed by atoms with van der Waals surface area (Å²) in [5, 5.41) is 9.40. The van der Waals surface area contributed by atoms with Crippen LogP contribution in [0.25, 0.3) is 22.6 Å². The third-order valence-corrected chi connectivity index (χ3v) is 5.21. The van der Waals surface area contributed by atoms with Crippen LogP contribution in [-0.4, -0.2) is 44.7 Å². The topological polar surface area (TPSA) is 82.1 Å². The second kappa shape index (κ2) is 8.46. The van der Waals surface area contributed by atoms with Crippen molar-refractivity contribution in [2.75, 3.05) is 19.7 Å². The van der Waals surface area contributed by atoms with Crippen molar-refractivity contribution in [3.05, 3.63) is 70.8 Å². The fraction of sp³-hybridized carbons (Fsp3) is 0.318. The van der Waals surface area contributed by atoms with E-state index in [-0.39, 0.29) is 12.2 Å². The van der Waals surface area contributed by atoms with Gasteiger partial charge in [-0.3, -0.25) is 14.7 Å². The van der Waals surface area contributed by atoms with Gasteiger partial charge in [0.15, 0.2) is 0 Å². The number of aliphatic hydroxyl groups is 1. The van der Waals surface area contributed by atoms with E-state index in [0.29, 0.717) is 17.4 Å². The number of aromatic nitrogens is 3. The molecule has 1 aliphatic rings. The van der Waals surface area contributed by atoms with Crippen molar-refractivity contribution in [2.24, 2.45) is 5.92 Å². The predicted octanol–water partition coefficient (Wildman–Crippen LogP) is 2.70. The zero-order chi connectivity index (χ0) is 19.3. The number of rotatable bonds is 5. The molecule has 144 valence electrons. The largest absolute Gasteiger partial charge is 0.396 e. The summed E-state index contributed by atoms with van der Waals surface area (Å²) in [5.74, 6) is 0.947. The second-order valence-corrected chi connectivity index (χ2v) is 7.34. The number of hydrogen-bond acceptors (Lipinski definition) is 5. The molecule has 0 radical (unpaired) electrons. The van der Waals surface area contributed by atoms with Crippen LogP contribution in [-0.2, 0) is 6.54 Å². The summed E-state index contributed by atoms with van der Waals surface area (Å²) in [6, 6.07) is 13.3. The maximum atomic E-state index is 12.1. The summed E-state index contributed by atoms with van der Waals surface area (Å²) in [4.78, 5) is 26.0. The van der Waals surface area contributed by atoms with E-state index < -0.39 is 0 Å². The summed E-state index contributed by atoms with van der Waals surface area (Å²) >= 11 is 0. The number of nitrogens with zero attached hydrogens (tertiary/aromatic N) is 3. The van der Waals surface area contributed by atoms with Crippen molar-refractivity contribution in [1.29, 1.82) is 0 Å². The highest BCUT2D eigenvalue weighted by molar-refractivity contribution is 5.63. The van der Waals surface area contributed by atoms with E-state index in [0.717, 1.165) is 43.6 Å². The molecule has 0 bridgehead atoms. The lowest BCUT2D eigenvalue weighted by atomic mass is 9.98. The van der Waals surface area contributed by atoms with E-state index >= 15 is 0 Å². The average molecular weight is 376 g/mol. The predicted molar refractivity (Wildman–Crippen MR) is 109 cm³/mol. The minimum atomic E-state index is -0.177. The van der Waals surface area contributed by atoms with Crippen LogP contribution >= 0.6 is 0 Å². The minimum absolute atomic E-state index is 0.177. The molecule has 1 atom stereocenters. The van der Waals surface area contributed by atoms with Gasteiger partial charge in [0.25, 0.3) is 5.56 Å². The number of H-pyrrole nitrogens is 1. The van der Waals surface area contributed by atoms with Gasteiger partial charge in [-0.05, 0) is 43.0 Å². The van der Waals surface area contributed by atoms with Gasteiger partial charge in [0.2, 0.25) is 0 Å². The van der Waals surface area contributed by atoms with Crippen molar-refractivity contribution in [3.8, 4) is 22.6 Å². The zero-order valence-electron chi connectivity index (χ0n) is 15.7. The Hall–Kier alpha value is -2.83. The summed E-state index contributed by atoms with van der Waals surface area (Å²) in [7, 11) is 0. The van der Waals surface area contributed by atoms with Crippen LogP contribution < -0.4 is 5.56 Å². The van der Waals surface area contributed by atoms with Gasteiger partial charge >= 0.3 is 0 Å². The van der Waals surface area contributed by atoms with Gasteiger partial charge < -0.3 is 10.1 Å². The Labute approximate surface area is 163 Å². The minimum Gasteiger partial charge on any atom is -0.396 e. The van der Waals surface area contributed by atoms with Crippen LogP contribution in [0.1, 0.15) is 18.4 Å². The first-order valence-electron chi connectivity index (χ1n) is 9.65. The van der Waals surface area contributed by atoms with Crippen molar-refractivity contribution in [2.45, 2.75) is 19.4 Å². The number of aliphatic hydroxyl groups excluding tert-OH is 1. The standard InChI is InChI=1S/C22H24N4O2/c27-15-17-2-1-11-26(14-17)13-16-3-5-19(6-4-16)22-24-20(12-21(28)25-22)18-7-9-23-10-8-18/h3-10,12,17,27H,1-2,11,13-15H2,(H,24,25,28)/t17-/m1/s1. The molecule has 4 rings (SSSR count). The molecule has 2 aromatic heterocycles. The van der Waals surface area contributed by atoms with Gasteiger partial charge in [-0.15, -0.1) is 0 Å². The molecular weight excluding hydrogens is 352 g/mol.